The van der Waals surface area contributed by atoms with E-state index in [1.807, 2.05) is 13.0 Å². The zero-order valence-electron chi connectivity index (χ0n) is 15.2. The molecule has 1 aromatic heterocycles. The highest BCUT2D eigenvalue weighted by molar-refractivity contribution is 7.09. The molecule has 2 atom stereocenters. The molecule has 0 amide bonds. The van der Waals surface area contributed by atoms with Crippen LogP contribution in [0.4, 0.5) is 11.4 Å². The van der Waals surface area contributed by atoms with Crippen LogP contribution in [-0.4, -0.2) is 22.1 Å². The fourth-order valence-electron chi connectivity index (χ4n) is 3.49. The molecule has 2 aromatic carbocycles. The van der Waals surface area contributed by atoms with Crippen molar-refractivity contribution in [2.24, 2.45) is 0 Å². The van der Waals surface area contributed by atoms with Crippen molar-refractivity contribution >= 4 is 28.7 Å². The third kappa shape index (κ3) is 3.66. The predicted octanol–water partition coefficient (Wildman–Crippen LogP) is 5.17. The number of hydrogen-bond acceptors (Lipinski definition) is 5. The molecule has 6 heteroatoms. The lowest BCUT2D eigenvalue weighted by Crippen LogP contribution is -2.29. The summed E-state index contributed by atoms with van der Waals surface area (Å²) in [6.07, 6.45) is 0.878. The fraction of sp³-hybridized carbons (Fsp3) is 0.238. The van der Waals surface area contributed by atoms with E-state index in [4.69, 9.17) is 0 Å². The van der Waals surface area contributed by atoms with Crippen LogP contribution >= 0.6 is 11.3 Å². The number of aromatic nitrogens is 1. The highest BCUT2D eigenvalue weighted by atomic mass is 32.1. The average Bonchev–Trinajstić information content (AvgIpc) is 3.08. The number of aryl methyl sites for hydroxylation is 1. The monoisotopic (exact) mass is 379 g/mol. The van der Waals surface area contributed by atoms with Gasteiger partial charge in [0, 0.05) is 28.4 Å². The molecule has 5 nitrogen and oxygen atoms in total. The van der Waals surface area contributed by atoms with Gasteiger partial charge in [-0.25, -0.2) is 9.78 Å². The number of fused-ring (bicyclic) bond motifs is 1. The molecule has 1 aliphatic rings. The van der Waals surface area contributed by atoms with E-state index in [9.17, 15) is 9.90 Å². The zero-order chi connectivity index (χ0) is 19.0. The first-order valence-electron chi connectivity index (χ1n) is 8.92. The minimum atomic E-state index is -0.905. The molecule has 0 spiro atoms. The van der Waals surface area contributed by atoms with Crippen molar-refractivity contribution in [3.05, 3.63) is 64.0 Å². The van der Waals surface area contributed by atoms with Crippen LogP contribution in [0.15, 0.2) is 47.8 Å². The van der Waals surface area contributed by atoms with Crippen LogP contribution in [0, 0.1) is 6.92 Å². The van der Waals surface area contributed by atoms with E-state index in [-0.39, 0.29) is 6.04 Å². The molecule has 0 aliphatic carbocycles. The SMILES string of the molecule is Cc1nc(-c2ccc(NC3CC(C)Nc4ccc(C(=O)O)cc43)cc2)cs1. The lowest BCUT2D eigenvalue weighted by Gasteiger charge is -2.32. The first-order chi connectivity index (χ1) is 13.0. The number of carboxylic acid groups (broad SMARTS) is 1. The topological polar surface area (TPSA) is 74.2 Å². The Kier molecular flexibility index (Phi) is 4.58. The summed E-state index contributed by atoms with van der Waals surface area (Å²) in [6, 6.07) is 13.9. The Morgan fingerprint density at radius 1 is 1.26 bits per heavy atom. The summed E-state index contributed by atoms with van der Waals surface area (Å²) in [4.78, 5) is 15.9. The molecule has 3 aromatic rings. The Hall–Kier alpha value is -2.86. The Labute approximate surface area is 162 Å². The molecule has 3 N–H and O–H groups in total. The Morgan fingerprint density at radius 3 is 2.70 bits per heavy atom. The van der Waals surface area contributed by atoms with Gasteiger partial charge in [-0.05, 0) is 56.2 Å². The minimum Gasteiger partial charge on any atom is -0.478 e. The molecule has 0 saturated carbocycles. The van der Waals surface area contributed by atoms with Crippen molar-refractivity contribution in [2.75, 3.05) is 10.6 Å². The van der Waals surface area contributed by atoms with Crippen LogP contribution in [0.3, 0.4) is 0 Å². The average molecular weight is 379 g/mol. The molecule has 2 heterocycles. The Bertz CT molecular complexity index is 981. The van der Waals surface area contributed by atoms with Gasteiger partial charge >= 0.3 is 5.97 Å². The first kappa shape index (κ1) is 17.5. The number of rotatable bonds is 4. The summed E-state index contributed by atoms with van der Waals surface area (Å²) < 4.78 is 0. The summed E-state index contributed by atoms with van der Waals surface area (Å²) in [5.74, 6) is -0.905. The molecule has 0 fully saturated rings. The van der Waals surface area contributed by atoms with Crippen LogP contribution in [0.25, 0.3) is 11.3 Å². The maximum absolute atomic E-state index is 11.3. The van der Waals surface area contributed by atoms with E-state index in [1.54, 1.807) is 23.5 Å². The van der Waals surface area contributed by atoms with E-state index in [1.165, 1.54) is 0 Å². The number of hydrogen-bond donors (Lipinski definition) is 3. The van der Waals surface area contributed by atoms with E-state index < -0.39 is 5.97 Å². The predicted molar refractivity (Wildman–Crippen MR) is 110 cm³/mol. The van der Waals surface area contributed by atoms with Gasteiger partial charge in [-0.3, -0.25) is 0 Å². The maximum Gasteiger partial charge on any atom is 0.335 e. The number of carboxylic acids is 1. The van der Waals surface area contributed by atoms with Crippen LogP contribution in [0.1, 0.15) is 40.3 Å². The van der Waals surface area contributed by atoms with Gasteiger partial charge in [0.2, 0.25) is 0 Å². The molecular weight excluding hydrogens is 358 g/mol. The number of anilines is 2. The molecular formula is C21H21N3O2S. The van der Waals surface area contributed by atoms with E-state index in [0.717, 1.165) is 39.6 Å². The molecule has 4 rings (SSSR count). The summed E-state index contributed by atoms with van der Waals surface area (Å²) in [6.45, 7) is 4.14. The van der Waals surface area contributed by atoms with E-state index in [0.29, 0.717) is 11.6 Å². The van der Waals surface area contributed by atoms with Crippen LogP contribution in [0.2, 0.25) is 0 Å². The molecule has 0 bridgehead atoms. The fourth-order valence-corrected chi connectivity index (χ4v) is 4.11. The lowest BCUT2D eigenvalue weighted by molar-refractivity contribution is 0.0697. The largest absolute Gasteiger partial charge is 0.478 e. The third-order valence-electron chi connectivity index (χ3n) is 4.81. The van der Waals surface area contributed by atoms with Gasteiger partial charge in [-0.15, -0.1) is 11.3 Å². The van der Waals surface area contributed by atoms with Gasteiger partial charge in [-0.1, -0.05) is 12.1 Å². The van der Waals surface area contributed by atoms with Crippen molar-refractivity contribution in [3.63, 3.8) is 0 Å². The van der Waals surface area contributed by atoms with Crippen LogP contribution < -0.4 is 10.6 Å². The number of benzene rings is 2. The van der Waals surface area contributed by atoms with Crippen molar-refractivity contribution in [1.29, 1.82) is 0 Å². The summed E-state index contributed by atoms with van der Waals surface area (Å²) in [7, 11) is 0. The smallest absolute Gasteiger partial charge is 0.335 e. The quantitative estimate of drug-likeness (QED) is 0.583. The highest BCUT2D eigenvalue weighted by Gasteiger charge is 2.25. The molecule has 138 valence electrons. The van der Waals surface area contributed by atoms with Crippen LogP contribution in [0.5, 0.6) is 0 Å². The van der Waals surface area contributed by atoms with Crippen molar-refractivity contribution < 1.29 is 9.90 Å². The number of carbonyl (C=O) groups is 1. The normalized spacial score (nSPS) is 18.4. The molecule has 1 aliphatic heterocycles. The summed E-state index contributed by atoms with van der Waals surface area (Å²) in [5.41, 5.74) is 5.40. The molecule has 0 radical (unpaired) electrons. The number of nitrogens with zero attached hydrogens (tertiary/aromatic N) is 1. The van der Waals surface area contributed by atoms with E-state index in [2.05, 4.69) is 52.2 Å². The van der Waals surface area contributed by atoms with Gasteiger partial charge in [0.15, 0.2) is 0 Å². The summed E-state index contributed by atoms with van der Waals surface area (Å²) >= 11 is 1.65. The number of nitrogens with one attached hydrogen (secondary N) is 2. The molecule has 2 unspecified atom stereocenters. The standard InChI is InChI=1S/C21H21N3O2S/c1-12-9-19(17-10-15(21(25)26)5-8-18(17)22-12)24-16-6-3-14(4-7-16)20-11-27-13(2)23-20/h3-8,10-12,19,22,24H,9H2,1-2H3,(H,25,26). The number of thiazole rings is 1. The van der Waals surface area contributed by atoms with Crippen molar-refractivity contribution in [3.8, 4) is 11.3 Å². The van der Waals surface area contributed by atoms with Crippen LogP contribution in [-0.2, 0) is 0 Å². The molecule has 27 heavy (non-hydrogen) atoms. The lowest BCUT2D eigenvalue weighted by atomic mass is 9.92. The van der Waals surface area contributed by atoms with Crippen molar-refractivity contribution in [2.45, 2.75) is 32.4 Å². The third-order valence-corrected chi connectivity index (χ3v) is 5.58. The first-order valence-corrected chi connectivity index (χ1v) is 9.80. The Balaban J connectivity index is 1.59. The van der Waals surface area contributed by atoms with Crippen molar-refractivity contribution in [1.82, 2.24) is 4.98 Å². The van der Waals surface area contributed by atoms with E-state index >= 15 is 0 Å². The zero-order valence-corrected chi connectivity index (χ0v) is 16.0. The number of aromatic carboxylic acids is 1. The van der Waals surface area contributed by atoms with Gasteiger partial charge in [0.05, 0.1) is 22.3 Å². The van der Waals surface area contributed by atoms with Gasteiger partial charge in [0.25, 0.3) is 0 Å². The Morgan fingerprint density at radius 2 is 2.04 bits per heavy atom. The summed E-state index contributed by atoms with van der Waals surface area (Å²) in [5, 5.41) is 19.4. The molecule has 0 saturated heterocycles. The maximum atomic E-state index is 11.3. The second kappa shape index (κ2) is 7.04. The van der Waals surface area contributed by atoms with Gasteiger partial charge in [0.1, 0.15) is 0 Å². The van der Waals surface area contributed by atoms with Gasteiger partial charge < -0.3 is 15.7 Å². The second-order valence-corrected chi connectivity index (χ2v) is 7.98. The second-order valence-electron chi connectivity index (χ2n) is 6.91. The minimum absolute atomic E-state index is 0.0583. The highest BCUT2D eigenvalue weighted by Crippen LogP contribution is 2.36. The van der Waals surface area contributed by atoms with Gasteiger partial charge in [-0.2, -0.15) is 0 Å².